The lowest BCUT2D eigenvalue weighted by Gasteiger charge is -2.18. The summed E-state index contributed by atoms with van der Waals surface area (Å²) in [6.07, 6.45) is 1.97. The van der Waals surface area contributed by atoms with Crippen LogP contribution in [0.1, 0.15) is 29.5 Å². The van der Waals surface area contributed by atoms with E-state index in [0.29, 0.717) is 5.76 Å². The van der Waals surface area contributed by atoms with Gasteiger partial charge in [0.1, 0.15) is 5.76 Å². The molecular weight excluding hydrogens is 330 g/mol. The molecule has 1 N–H and O–H groups in total. The zero-order chi connectivity index (χ0) is 16.7. The smallest absolute Gasteiger partial charge is 0.260 e. The quantitative estimate of drug-likeness (QED) is 0.900. The predicted octanol–water partition coefficient (Wildman–Crippen LogP) is 1.38. The molecule has 0 radical (unpaired) electrons. The SMILES string of the molecule is Cc1nccnc1S(=O)(=O)NCc1nc2c(o1)CCC(F)(F)C2. The average molecular weight is 344 g/mol. The highest BCUT2D eigenvalue weighted by Crippen LogP contribution is 2.32. The zero-order valence-electron chi connectivity index (χ0n) is 12.2. The highest BCUT2D eigenvalue weighted by Gasteiger charge is 2.37. The van der Waals surface area contributed by atoms with Gasteiger partial charge < -0.3 is 4.42 Å². The zero-order valence-corrected chi connectivity index (χ0v) is 13.0. The van der Waals surface area contributed by atoms with Gasteiger partial charge in [-0.1, -0.05) is 0 Å². The molecular formula is C13H14F2N4O3S. The number of oxazole rings is 1. The maximum atomic E-state index is 13.3. The molecule has 3 rings (SSSR count). The molecule has 1 aliphatic rings. The van der Waals surface area contributed by atoms with Crippen molar-refractivity contribution in [1.29, 1.82) is 0 Å². The second kappa shape index (κ2) is 5.60. The third-order valence-electron chi connectivity index (χ3n) is 3.47. The summed E-state index contributed by atoms with van der Waals surface area (Å²) in [7, 11) is -3.89. The molecule has 10 heteroatoms. The lowest BCUT2D eigenvalue weighted by Crippen LogP contribution is -2.26. The molecule has 0 saturated heterocycles. The minimum Gasteiger partial charge on any atom is -0.444 e. The molecule has 0 aromatic carbocycles. The lowest BCUT2D eigenvalue weighted by atomic mass is 9.98. The predicted molar refractivity (Wildman–Crippen MR) is 74.3 cm³/mol. The molecule has 7 nitrogen and oxygen atoms in total. The van der Waals surface area contributed by atoms with Gasteiger partial charge in [-0.2, -0.15) is 0 Å². The molecule has 2 heterocycles. The van der Waals surface area contributed by atoms with Crippen molar-refractivity contribution in [2.24, 2.45) is 0 Å². The maximum Gasteiger partial charge on any atom is 0.260 e. The topological polar surface area (TPSA) is 98.0 Å². The first-order valence-electron chi connectivity index (χ1n) is 6.89. The van der Waals surface area contributed by atoms with E-state index in [4.69, 9.17) is 4.42 Å². The Balaban J connectivity index is 1.74. The van der Waals surface area contributed by atoms with E-state index in [1.807, 2.05) is 0 Å². The van der Waals surface area contributed by atoms with Crippen molar-refractivity contribution < 1.29 is 21.6 Å². The van der Waals surface area contributed by atoms with Gasteiger partial charge in [-0.25, -0.2) is 31.9 Å². The Morgan fingerprint density at radius 2 is 2.09 bits per heavy atom. The molecule has 0 aliphatic heterocycles. The number of sulfonamides is 1. The highest BCUT2D eigenvalue weighted by molar-refractivity contribution is 7.89. The summed E-state index contributed by atoms with van der Waals surface area (Å²) in [6, 6.07) is 0. The summed E-state index contributed by atoms with van der Waals surface area (Å²) < 4.78 is 58.6. The van der Waals surface area contributed by atoms with Gasteiger partial charge in [0, 0.05) is 25.2 Å². The fourth-order valence-electron chi connectivity index (χ4n) is 2.36. The second-order valence-corrected chi connectivity index (χ2v) is 6.96. The van der Waals surface area contributed by atoms with Crippen LogP contribution in [0.5, 0.6) is 0 Å². The Kier molecular flexibility index (Phi) is 3.88. The molecule has 0 unspecified atom stereocenters. The third-order valence-corrected chi connectivity index (χ3v) is 4.90. The average Bonchev–Trinajstić information content (AvgIpc) is 2.86. The number of aryl methyl sites for hydroxylation is 2. The van der Waals surface area contributed by atoms with E-state index in [9.17, 15) is 17.2 Å². The minimum atomic E-state index is -3.89. The van der Waals surface area contributed by atoms with E-state index in [-0.39, 0.29) is 41.7 Å². The first-order valence-corrected chi connectivity index (χ1v) is 8.38. The molecule has 124 valence electrons. The second-order valence-electron chi connectivity index (χ2n) is 5.28. The molecule has 0 atom stereocenters. The standard InChI is InChI=1S/C13H14F2N4O3S/c1-8-12(17-5-4-16-8)23(20,21)18-7-11-19-9-6-13(14,15)3-2-10(9)22-11/h4-5,18H,2-3,6-7H2,1H3. The van der Waals surface area contributed by atoms with Crippen LogP contribution in [0.4, 0.5) is 8.78 Å². The summed E-state index contributed by atoms with van der Waals surface area (Å²) in [5.74, 6) is -2.35. The molecule has 2 aromatic heterocycles. The molecule has 0 saturated carbocycles. The highest BCUT2D eigenvalue weighted by atomic mass is 32.2. The largest absolute Gasteiger partial charge is 0.444 e. The molecule has 0 bridgehead atoms. The minimum absolute atomic E-state index is 0.0535. The Morgan fingerprint density at radius 1 is 1.35 bits per heavy atom. The van der Waals surface area contributed by atoms with Crippen LogP contribution < -0.4 is 4.72 Å². The summed E-state index contributed by atoms with van der Waals surface area (Å²) in [5, 5.41) is -0.192. The number of hydrogen-bond donors (Lipinski definition) is 1. The molecule has 0 amide bonds. The van der Waals surface area contributed by atoms with Gasteiger partial charge in [0.25, 0.3) is 15.9 Å². The number of nitrogens with zero attached hydrogens (tertiary/aromatic N) is 3. The van der Waals surface area contributed by atoms with Crippen molar-refractivity contribution in [3.63, 3.8) is 0 Å². The molecule has 0 spiro atoms. The van der Waals surface area contributed by atoms with Crippen LogP contribution in [0.25, 0.3) is 0 Å². The van der Waals surface area contributed by atoms with E-state index in [1.54, 1.807) is 0 Å². The molecule has 2 aromatic rings. The van der Waals surface area contributed by atoms with Crippen LogP contribution in [0.15, 0.2) is 21.8 Å². The fourth-order valence-corrected chi connectivity index (χ4v) is 3.45. The number of rotatable bonds is 4. The monoisotopic (exact) mass is 344 g/mol. The summed E-state index contributed by atoms with van der Waals surface area (Å²) >= 11 is 0. The summed E-state index contributed by atoms with van der Waals surface area (Å²) in [6.45, 7) is 1.28. The Morgan fingerprint density at radius 3 is 2.83 bits per heavy atom. The molecule has 1 aliphatic carbocycles. The van der Waals surface area contributed by atoms with E-state index in [1.165, 1.54) is 19.3 Å². The van der Waals surface area contributed by atoms with Gasteiger partial charge in [-0.15, -0.1) is 0 Å². The van der Waals surface area contributed by atoms with Crippen molar-refractivity contribution in [1.82, 2.24) is 19.7 Å². The van der Waals surface area contributed by atoms with E-state index in [2.05, 4.69) is 19.7 Å². The van der Waals surface area contributed by atoms with Crippen LogP contribution in [0.3, 0.4) is 0 Å². The van der Waals surface area contributed by atoms with Crippen LogP contribution in [-0.4, -0.2) is 29.3 Å². The first-order chi connectivity index (χ1) is 10.8. The van der Waals surface area contributed by atoms with Gasteiger partial charge in [-0.3, -0.25) is 4.98 Å². The van der Waals surface area contributed by atoms with Crippen LogP contribution in [0.2, 0.25) is 0 Å². The number of halogens is 2. The summed E-state index contributed by atoms with van der Waals surface area (Å²) in [5.41, 5.74) is 0.442. The maximum absolute atomic E-state index is 13.3. The number of hydrogen-bond acceptors (Lipinski definition) is 6. The van der Waals surface area contributed by atoms with Gasteiger partial charge in [0.05, 0.1) is 24.4 Å². The molecule has 23 heavy (non-hydrogen) atoms. The van der Waals surface area contributed by atoms with Crippen molar-refractivity contribution in [3.8, 4) is 0 Å². The first kappa shape index (κ1) is 15.9. The number of alkyl halides is 2. The van der Waals surface area contributed by atoms with Crippen LogP contribution in [-0.2, 0) is 29.4 Å². The lowest BCUT2D eigenvalue weighted by molar-refractivity contribution is -0.0152. The van der Waals surface area contributed by atoms with E-state index >= 15 is 0 Å². The van der Waals surface area contributed by atoms with E-state index < -0.39 is 22.4 Å². The fraction of sp³-hybridized carbons (Fsp3) is 0.462. The van der Waals surface area contributed by atoms with Crippen LogP contribution in [0, 0.1) is 6.92 Å². The van der Waals surface area contributed by atoms with Gasteiger partial charge in [0.15, 0.2) is 5.03 Å². The molecule has 0 fully saturated rings. The van der Waals surface area contributed by atoms with Crippen LogP contribution >= 0.6 is 0 Å². The van der Waals surface area contributed by atoms with Gasteiger partial charge in [-0.05, 0) is 6.92 Å². The van der Waals surface area contributed by atoms with Crippen molar-refractivity contribution >= 4 is 10.0 Å². The van der Waals surface area contributed by atoms with E-state index in [0.717, 1.165) is 0 Å². The Hall–Kier alpha value is -1.94. The number of aromatic nitrogens is 3. The number of nitrogens with one attached hydrogen (secondary N) is 1. The van der Waals surface area contributed by atoms with Gasteiger partial charge in [0.2, 0.25) is 5.89 Å². The normalized spacial score (nSPS) is 17.0. The van der Waals surface area contributed by atoms with Crippen molar-refractivity contribution in [2.45, 2.75) is 43.7 Å². The Labute approximate surface area is 131 Å². The van der Waals surface area contributed by atoms with Crippen molar-refractivity contribution in [2.75, 3.05) is 0 Å². The summed E-state index contributed by atoms with van der Waals surface area (Å²) in [4.78, 5) is 11.6. The third kappa shape index (κ3) is 3.37. The Bertz CT molecular complexity index is 835. The van der Waals surface area contributed by atoms with Gasteiger partial charge >= 0.3 is 0 Å². The number of fused-ring (bicyclic) bond motifs is 1. The van der Waals surface area contributed by atoms with Crippen molar-refractivity contribution in [3.05, 3.63) is 35.4 Å².